The van der Waals surface area contributed by atoms with Gasteiger partial charge in [-0.15, -0.1) is 15.3 Å². The van der Waals surface area contributed by atoms with E-state index in [1.54, 1.807) is 22.9 Å². The number of likely N-dealkylation sites (N-methyl/N-ethyl adjacent to an activating group) is 1. The smallest absolute Gasteiger partial charge is 0.314 e. The zero-order chi connectivity index (χ0) is 24.4. The Labute approximate surface area is 200 Å². The average Bonchev–Trinajstić information content (AvgIpc) is 3.56. The van der Waals surface area contributed by atoms with Gasteiger partial charge in [-0.05, 0) is 42.4 Å². The number of piperazine rings is 1. The van der Waals surface area contributed by atoms with Gasteiger partial charge in [0.1, 0.15) is 11.5 Å². The van der Waals surface area contributed by atoms with Gasteiger partial charge in [0.25, 0.3) is 5.89 Å². The first-order valence-corrected chi connectivity index (χ1v) is 11.4. The Hall–Kier alpha value is -3.73. The second-order valence-electron chi connectivity index (χ2n) is 8.33. The van der Waals surface area contributed by atoms with Gasteiger partial charge < -0.3 is 14.2 Å². The predicted molar refractivity (Wildman–Crippen MR) is 124 cm³/mol. The van der Waals surface area contributed by atoms with Gasteiger partial charge >= 0.3 is 6.43 Å². The monoisotopic (exact) mass is 483 g/mol. The molecule has 11 heteroatoms. The Morgan fingerprint density at radius 2 is 1.69 bits per heavy atom. The van der Waals surface area contributed by atoms with Gasteiger partial charge in [-0.3, -0.25) is 0 Å². The van der Waals surface area contributed by atoms with Crippen LogP contribution in [0.1, 0.15) is 24.8 Å². The van der Waals surface area contributed by atoms with Gasteiger partial charge in [0.05, 0.1) is 18.4 Å². The van der Waals surface area contributed by atoms with Crippen LogP contribution in [0.3, 0.4) is 0 Å². The third kappa shape index (κ3) is 5.04. The molecule has 0 saturated carbocycles. The molecule has 8 nitrogen and oxygen atoms in total. The van der Waals surface area contributed by atoms with E-state index < -0.39 is 12.3 Å². The molecule has 1 aliphatic rings. The Kier molecular flexibility index (Phi) is 6.49. The van der Waals surface area contributed by atoms with E-state index in [9.17, 15) is 13.2 Å². The molecule has 182 valence electrons. The zero-order valence-corrected chi connectivity index (χ0v) is 19.1. The SMILES string of the molecule is CCN1CCN(c2cc(-c3cn(Cc4ccc(-c5nnc(C(F)F)o5)cc4)nn3)ccc2F)CC1. The third-order valence-electron chi connectivity index (χ3n) is 6.11. The van der Waals surface area contributed by atoms with Gasteiger partial charge in [-0.2, -0.15) is 8.78 Å². The Balaban J connectivity index is 1.28. The lowest BCUT2D eigenvalue weighted by atomic mass is 10.1. The van der Waals surface area contributed by atoms with E-state index in [0.29, 0.717) is 23.5 Å². The first-order valence-electron chi connectivity index (χ1n) is 11.4. The van der Waals surface area contributed by atoms with Crippen molar-refractivity contribution in [2.45, 2.75) is 19.9 Å². The molecule has 0 N–H and O–H groups in total. The molecule has 0 radical (unpaired) electrons. The number of hydrogen-bond donors (Lipinski definition) is 0. The summed E-state index contributed by atoms with van der Waals surface area (Å²) in [5, 5.41) is 15.5. The van der Waals surface area contributed by atoms with E-state index in [-0.39, 0.29) is 11.7 Å². The Morgan fingerprint density at radius 1 is 0.943 bits per heavy atom. The highest BCUT2D eigenvalue weighted by Gasteiger charge is 2.20. The summed E-state index contributed by atoms with van der Waals surface area (Å²) in [5.41, 5.74) is 3.51. The zero-order valence-electron chi connectivity index (χ0n) is 19.1. The van der Waals surface area contributed by atoms with Crippen molar-refractivity contribution < 1.29 is 17.6 Å². The van der Waals surface area contributed by atoms with E-state index in [0.717, 1.165) is 43.9 Å². The summed E-state index contributed by atoms with van der Waals surface area (Å²) in [6.45, 7) is 6.97. The van der Waals surface area contributed by atoms with Crippen molar-refractivity contribution in [2.24, 2.45) is 0 Å². The molecule has 0 amide bonds. The van der Waals surface area contributed by atoms with Gasteiger partial charge in [0.15, 0.2) is 0 Å². The van der Waals surface area contributed by atoms with E-state index in [2.05, 4.69) is 37.2 Å². The molecule has 0 bridgehead atoms. The maximum Gasteiger partial charge on any atom is 0.314 e. The number of nitrogens with zero attached hydrogens (tertiary/aromatic N) is 7. The maximum atomic E-state index is 14.6. The highest BCUT2D eigenvalue weighted by molar-refractivity contribution is 5.65. The van der Waals surface area contributed by atoms with E-state index in [1.807, 2.05) is 24.4 Å². The van der Waals surface area contributed by atoms with Crippen molar-refractivity contribution in [2.75, 3.05) is 37.6 Å². The van der Waals surface area contributed by atoms with Crippen LogP contribution < -0.4 is 4.90 Å². The first-order chi connectivity index (χ1) is 17.0. The number of halogens is 3. The molecule has 0 spiro atoms. The summed E-state index contributed by atoms with van der Waals surface area (Å²) in [5.74, 6) is -0.905. The van der Waals surface area contributed by atoms with Crippen molar-refractivity contribution in [3.8, 4) is 22.7 Å². The normalized spacial score (nSPS) is 14.7. The van der Waals surface area contributed by atoms with Crippen LogP contribution in [0.2, 0.25) is 0 Å². The third-order valence-corrected chi connectivity index (χ3v) is 6.11. The molecular weight excluding hydrogens is 459 g/mol. The first kappa shape index (κ1) is 23.0. The molecule has 0 unspecified atom stereocenters. The predicted octanol–water partition coefficient (Wildman–Crippen LogP) is 4.26. The Bertz CT molecular complexity index is 1280. The van der Waals surface area contributed by atoms with Gasteiger partial charge in [-0.1, -0.05) is 24.3 Å². The average molecular weight is 483 g/mol. The highest BCUT2D eigenvalue weighted by Crippen LogP contribution is 2.28. The summed E-state index contributed by atoms with van der Waals surface area (Å²) in [6.07, 6.45) is -0.993. The van der Waals surface area contributed by atoms with Crippen molar-refractivity contribution in [3.05, 3.63) is 65.9 Å². The lowest BCUT2D eigenvalue weighted by molar-refractivity contribution is 0.116. The van der Waals surface area contributed by atoms with Crippen LogP contribution in [0.15, 0.2) is 53.1 Å². The molecule has 4 aromatic rings. The van der Waals surface area contributed by atoms with Crippen LogP contribution in [0, 0.1) is 5.82 Å². The van der Waals surface area contributed by atoms with Gasteiger partial charge in [0, 0.05) is 37.3 Å². The highest BCUT2D eigenvalue weighted by atomic mass is 19.3. The molecule has 2 aromatic heterocycles. The summed E-state index contributed by atoms with van der Waals surface area (Å²) in [4.78, 5) is 4.42. The van der Waals surface area contributed by atoms with Crippen LogP contribution in [0.4, 0.5) is 18.9 Å². The van der Waals surface area contributed by atoms with Crippen molar-refractivity contribution in [3.63, 3.8) is 0 Å². The minimum atomic E-state index is -2.81. The number of alkyl halides is 2. The molecular formula is C24H24F3N7O. The van der Waals surface area contributed by atoms with Crippen LogP contribution in [0.25, 0.3) is 22.7 Å². The summed E-state index contributed by atoms with van der Waals surface area (Å²) in [7, 11) is 0. The van der Waals surface area contributed by atoms with Crippen LogP contribution in [0.5, 0.6) is 0 Å². The quantitative estimate of drug-likeness (QED) is 0.389. The fraction of sp³-hybridized carbons (Fsp3) is 0.333. The fourth-order valence-corrected chi connectivity index (χ4v) is 4.11. The van der Waals surface area contributed by atoms with Crippen LogP contribution in [-0.2, 0) is 6.54 Å². The maximum absolute atomic E-state index is 14.6. The number of aromatic nitrogens is 5. The number of benzene rings is 2. The van der Waals surface area contributed by atoms with Crippen molar-refractivity contribution in [1.82, 2.24) is 30.1 Å². The van der Waals surface area contributed by atoms with E-state index >= 15 is 0 Å². The molecule has 1 aliphatic heterocycles. The van der Waals surface area contributed by atoms with Crippen molar-refractivity contribution in [1.29, 1.82) is 0 Å². The number of hydrogen-bond acceptors (Lipinski definition) is 7. The van der Waals surface area contributed by atoms with E-state index in [4.69, 9.17) is 4.42 Å². The molecule has 1 saturated heterocycles. The summed E-state index contributed by atoms with van der Waals surface area (Å²) < 4.78 is 46.6. The lowest BCUT2D eigenvalue weighted by Gasteiger charge is -2.35. The molecule has 35 heavy (non-hydrogen) atoms. The standard InChI is InChI=1S/C24H24F3N7O/c1-2-32-9-11-33(12-10-32)21-13-18(7-8-19(21)25)20-15-34(31-28-20)14-16-3-5-17(6-4-16)23-29-30-24(35-23)22(26)27/h3-8,13,15,22H,2,9-12,14H2,1H3. The van der Waals surface area contributed by atoms with Crippen LogP contribution in [-0.4, -0.2) is 62.8 Å². The molecule has 0 aliphatic carbocycles. The fourth-order valence-electron chi connectivity index (χ4n) is 4.11. The lowest BCUT2D eigenvalue weighted by Crippen LogP contribution is -2.46. The largest absolute Gasteiger partial charge is 0.415 e. The molecule has 1 fully saturated rings. The summed E-state index contributed by atoms with van der Waals surface area (Å²) >= 11 is 0. The number of rotatable bonds is 7. The number of anilines is 1. The van der Waals surface area contributed by atoms with E-state index in [1.165, 1.54) is 6.07 Å². The second-order valence-corrected chi connectivity index (χ2v) is 8.33. The van der Waals surface area contributed by atoms with Crippen molar-refractivity contribution >= 4 is 5.69 Å². The van der Waals surface area contributed by atoms with Gasteiger partial charge in [-0.25, -0.2) is 9.07 Å². The minimum absolute atomic E-state index is 0.0399. The second kappa shape index (κ2) is 9.87. The summed E-state index contributed by atoms with van der Waals surface area (Å²) in [6, 6.07) is 12.1. The molecule has 2 aromatic carbocycles. The molecule has 3 heterocycles. The molecule has 0 atom stereocenters. The molecule has 5 rings (SSSR count). The Morgan fingerprint density at radius 3 is 2.37 bits per heavy atom. The minimum Gasteiger partial charge on any atom is -0.415 e. The topological polar surface area (TPSA) is 76.1 Å². The van der Waals surface area contributed by atoms with Gasteiger partial charge in [0.2, 0.25) is 5.89 Å². The van der Waals surface area contributed by atoms with Crippen LogP contribution >= 0.6 is 0 Å².